The first-order valence-corrected chi connectivity index (χ1v) is 5.59. The van der Waals surface area contributed by atoms with Gasteiger partial charge < -0.3 is 10.4 Å². The number of hydrogen-bond acceptors (Lipinski definition) is 3. The summed E-state index contributed by atoms with van der Waals surface area (Å²) >= 11 is 0. The lowest BCUT2D eigenvalue weighted by molar-refractivity contribution is 0.143. The minimum Gasteiger partial charge on any atom is -0.395 e. The molecule has 0 aliphatic carbocycles. The molecule has 4 heteroatoms. The van der Waals surface area contributed by atoms with Crippen molar-refractivity contribution in [2.24, 2.45) is 0 Å². The standard InChI is InChI=1S/C12H17FN2O/c13-11-3-1-10(2-4-11)7-15-6-5-14-12(8-15)9-16/h1-4,12,14,16H,5-9H2/t12-/m0/s1. The molecule has 1 aliphatic rings. The van der Waals surface area contributed by atoms with Gasteiger partial charge in [-0.25, -0.2) is 4.39 Å². The first-order valence-electron chi connectivity index (χ1n) is 5.59. The lowest BCUT2D eigenvalue weighted by Crippen LogP contribution is -2.51. The largest absolute Gasteiger partial charge is 0.395 e. The maximum absolute atomic E-state index is 12.7. The summed E-state index contributed by atoms with van der Waals surface area (Å²) in [5.74, 6) is -0.197. The highest BCUT2D eigenvalue weighted by molar-refractivity contribution is 5.16. The Labute approximate surface area is 94.9 Å². The highest BCUT2D eigenvalue weighted by atomic mass is 19.1. The zero-order valence-corrected chi connectivity index (χ0v) is 9.19. The zero-order chi connectivity index (χ0) is 11.4. The van der Waals surface area contributed by atoms with Crippen molar-refractivity contribution < 1.29 is 9.50 Å². The van der Waals surface area contributed by atoms with E-state index in [1.54, 1.807) is 0 Å². The summed E-state index contributed by atoms with van der Waals surface area (Å²) in [4.78, 5) is 2.27. The highest BCUT2D eigenvalue weighted by Crippen LogP contribution is 2.08. The average molecular weight is 224 g/mol. The Balaban J connectivity index is 1.91. The molecule has 1 aromatic carbocycles. The Morgan fingerprint density at radius 2 is 2.12 bits per heavy atom. The van der Waals surface area contributed by atoms with Crippen LogP contribution in [0.3, 0.4) is 0 Å². The number of nitrogens with one attached hydrogen (secondary N) is 1. The van der Waals surface area contributed by atoms with E-state index in [9.17, 15) is 4.39 Å². The Hall–Kier alpha value is -0.970. The van der Waals surface area contributed by atoms with Gasteiger partial charge in [0.2, 0.25) is 0 Å². The number of aliphatic hydroxyl groups excluding tert-OH is 1. The van der Waals surface area contributed by atoms with Crippen LogP contribution in [0.2, 0.25) is 0 Å². The Morgan fingerprint density at radius 1 is 1.38 bits per heavy atom. The van der Waals surface area contributed by atoms with E-state index >= 15 is 0 Å². The summed E-state index contributed by atoms with van der Waals surface area (Å²) in [6.07, 6.45) is 0. The molecular formula is C12H17FN2O. The van der Waals surface area contributed by atoms with Crippen molar-refractivity contribution >= 4 is 0 Å². The van der Waals surface area contributed by atoms with E-state index in [0.29, 0.717) is 0 Å². The topological polar surface area (TPSA) is 35.5 Å². The fourth-order valence-corrected chi connectivity index (χ4v) is 2.01. The molecule has 0 bridgehead atoms. The molecule has 1 saturated heterocycles. The molecule has 16 heavy (non-hydrogen) atoms. The smallest absolute Gasteiger partial charge is 0.123 e. The third-order valence-corrected chi connectivity index (χ3v) is 2.88. The normalized spacial score (nSPS) is 22.2. The molecule has 1 heterocycles. The van der Waals surface area contributed by atoms with Crippen molar-refractivity contribution in [1.29, 1.82) is 0 Å². The summed E-state index contributed by atoms with van der Waals surface area (Å²) in [7, 11) is 0. The molecule has 0 radical (unpaired) electrons. The van der Waals surface area contributed by atoms with Gasteiger partial charge in [0.05, 0.1) is 6.61 Å². The minimum absolute atomic E-state index is 0.161. The van der Waals surface area contributed by atoms with E-state index in [2.05, 4.69) is 10.2 Å². The molecule has 0 aromatic heterocycles. The van der Waals surface area contributed by atoms with Crippen LogP contribution in [0.5, 0.6) is 0 Å². The number of nitrogens with zero attached hydrogens (tertiary/aromatic N) is 1. The maximum Gasteiger partial charge on any atom is 0.123 e. The van der Waals surface area contributed by atoms with Crippen LogP contribution in [0.1, 0.15) is 5.56 Å². The van der Waals surface area contributed by atoms with Gasteiger partial charge in [0, 0.05) is 32.2 Å². The van der Waals surface area contributed by atoms with Crippen molar-refractivity contribution in [3.63, 3.8) is 0 Å². The molecule has 1 aliphatic heterocycles. The van der Waals surface area contributed by atoms with Crippen LogP contribution in [0, 0.1) is 5.82 Å². The second kappa shape index (κ2) is 5.39. The monoisotopic (exact) mass is 224 g/mol. The second-order valence-electron chi connectivity index (χ2n) is 4.20. The van der Waals surface area contributed by atoms with Crippen LogP contribution in [0.15, 0.2) is 24.3 Å². The molecule has 2 rings (SSSR count). The minimum atomic E-state index is -0.197. The third kappa shape index (κ3) is 3.01. The Morgan fingerprint density at radius 3 is 2.81 bits per heavy atom. The zero-order valence-electron chi connectivity index (χ0n) is 9.19. The Kier molecular flexibility index (Phi) is 3.88. The van der Waals surface area contributed by atoms with Gasteiger partial charge in [0.1, 0.15) is 5.82 Å². The van der Waals surface area contributed by atoms with Gasteiger partial charge in [0.25, 0.3) is 0 Å². The van der Waals surface area contributed by atoms with Crippen molar-refractivity contribution in [2.75, 3.05) is 26.2 Å². The number of piperazine rings is 1. The van der Waals surface area contributed by atoms with Gasteiger partial charge in [-0.2, -0.15) is 0 Å². The lowest BCUT2D eigenvalue weighted by Gasteiger charge is -2.32. The molecule has 1 fully saturated rings. The van der Waals surface area contributed by atoms with Gasteiger partial charge in [-0.05, 0) is 17.7 Å². The average Bonchev–Trinajstić information content (AvgIpc) is 2.32. The number of halogens is 1. The van der Waals surface area contributed by atoms with E-state index in [4.69, 9.17) is 5.11 Å². The molecule has 1 atom stereocenters. The highest BCUT2D eigenvalue weighted by Gasteiger charge is 2.18. The summed E-state index contributed by atoms with van der Waals surface area (Å²) in [6.45, 7) is 3.69. The molecule has 0 unspecified atom stereocenters. The predicted molar refractivity (Wildman–Crippen MR) is 60.6 cm³/mol. The summed E-state index contributed by atoms with van der Waals surface area (Å²) in [5.41, 5.74) is 1.11. The van der Waals surface area contributed by atoms with E-state index < -0.39 is 0 Å². The number of hydrogen-bond donors (Lipinski definition) is 2. The van der Waals surface area contributed by atoms with Crippen molar-refractivity contribution in [1.82, 2.24) is 10.2 Å². The van der Waals surface area contributed by atoms with Gasteiger partial charge in [-0.3, -0.25) is 4.90 Å². The predicted octanol–water partition coefficient (Wildman–Crippen LogP) is 0.592. The quantitative estimate of drug-likeness (QED) is 0.789. The van der Waals surface area contributed by atoms with Crippen LogP contribution in [-0.4, -0.2) is 42.3 Å². The fourth-order valence-electron chi connectivity index (χ4n) is 2.01. The van der Waals surface area contributed by atoms with E-state index in [1.807, 2.05) is 12.1 Å². The van der Waals surface area contributed by atoms with Gasteiger partial charge in [-0.1, -0.05) is 12.1 Å². The van der Waals surface area contributed by atoms with Crippen molar-refractivity contribution in [3.05, 3.63) is 35.6 Å². The fraction of sp³-hybridized carbons (Fsp3) is 0.500. The van der Waals surface area contributed by atoms with Gasteiger partial charge in [0.15, 0.2) is 0 Å². The molecule has 3 nitrogen and oxygen atoms in total. The van der Waals surface area contributed by atoms with Gasteiger partial charge >= 0.3 is 0 Å². The second-order valence-corrected chi connectivity index (χ2v) is 4.20. The number of aliphatic hydroxyl groups is 1. The first-order chi connectivity index (χ1) is 7.78. The molecule has 2 N–H and O–H groups in total. The van der Waals surface area contributed by atoms with E-state index in [1.165, 1.54) is 12.1 Å². The SMILES string of the molecule is OC[C@@H]1CN(Cc2ccc(F)cc2)CCN1. The number of rotatable bonds is 3. The summed E-state index contributed by atoms with van der Waals surface area (Å²) < 4.78 is 12.7. The lowest BCUT2D eigenvalue weighted by atomic mass is 10.1. The first kappa shape index (κ1) is 11.5. The van der Waals surface area contributed by atoms with Crippen LogP contribution in [0.25, 0.3) is 0 Å². The summed E-state index contributed by atoms with van der Waals surface area (Å²) in [5, 5.41) is 12.3. The molecule has 0 saturated carbocycles. The Bertz CT molecular complexity index is 328. The molecular weight excluding hydrogens is 207 g/mol. The molecule has 88 valence electrons. The van der Waals surface area contributed by atoms with E-state index in [-0.39, 0.29) is 18.5 Å². The van der Waals surface area contributed by atoms with Crippen LogP contribution < -0.4 is 5.32 Å². The summed E-state index contributed by atoms with van der Waals surface area (Å²) in [6, 6.07) is 6.76. The maximum atomic E-state index is 12.7. The molecule has 0 amide bonds. The third-order valence-electron chi connectivity index (χ3n) is 2.88. The molecule has 1 aromatic rings. The van der Waals surface area contributed by atoms with Crippen molar-refractivity contribution in [2.45, 2.75) is 12.6 Å². The van der Waals surface area contributed by atoms with Gasteiger partial charge in [-0.15, -0.1) is 0 Å². The van der Waals surface area contributed by atoms with Crippen LogP contribution in [0.4, 0.5) is 4.39 Å². The molecule has 0 spiro atoms. The van der Waals surface area contributed by atoms with Crippen LogP contribution >= 0.6 is 0 Å². The number of benzene rings is 1. The van der Waals surface area contributed by atoms with E-state index in [0.717, 1.165) is 31.7 Å². The van der Waals surface area contributed by atoms with Crippen molar-refractivity contribution in [3.8, 4) is 0 Å². The van der Waals surface area contributed by atoms with Crippen LogP contribution in [-0.2, 0) is 6.54 Å².